The van der Waals surface area contributed by atoms with Crippen molar-refractivity contribution in [2.75, 3.05) is 0 Å². The minimum absolute atomic E-state index is 0.0439. The Bertz CT molecular complexity index is 825. The molecule has 5 fully saturated rings. The van der Waals surface area contributed by atoms with Gasteiger partial charge in [0.05, 0.1) is 17.3 Å². The summed E-state index contributed by atoms with van der Waals surface area (Å²) in [5.74, 6) is 3.06. The third-order valence-corrected chi connectivity index (χ3v) is 13.0. The Morgan fingerprint density at radius 2 is 1.45 bits per heavy atom. The molecule has 5 rings (SSSR count). The first-order chi connectivity index (χ1) is 15.1. The van der Waals surface area contributed by atoms with Crippen LogP contribution in [0.5, 0.6) is 0 Å². The molecule has 1 N–H and O–H groups in total. The second kappa shape index (κ2) is 7.09. The van der Waals surface area contributed by atoms with E-state index in [0.29, 0.717) is 34.4 Å². The largest absolute Gasteiger partial charge is 0.388 e. The van der Waals surface area contributed by atoms with Gasteiger partial charge in [-0.3, -0.25) is 4.79 Å². The molecule has 188 valence electrons. The molecule has 0 amide bonds. The molecule has 4 saturated carbocycles. The molecule has 1 saturated heterocycles. The van der Waals surface area contributed by atoms with E-state index in [0.717, 1.165) is 31.6 Å². The predicted octanol–water partition coefficient (Wildman–Crippen LogP) is 6.95. The van der Waals surface area contributed by atoms with Crippen LogP contribution in [0.25, 0.3) is 0 Å². The number of ether oxygens (including phenoxy) is 1. The van der Waals surface area contributed by atoms with Crippen LogP contribution in [-0.2, 0) is 9.53 Å². The number of aliphatic hydroxyl groups is 1. The molecule has 0 bridgehead atoms. The quantitative estimate of drug-likeness (QED) is 0.487. The van der Waals surface area contributed by atoms with Crippen LogP contribution in [0.1, 0.15) is 120 Å². The third kappa shape index (κ3) is 3.09. The van der Waals surface area contributed by atoms with Crippen LogP contribution in [0, 0.1) is 45.3 Å². The topological polar surface area (TPSA) is 46.5 Å². The molecule has 4 aliphatic carbocycles. The minimum Gasteiger partial charge on any atom is -0.388 e. The maximum Gasteiger partial charge on any atom is 0.138 e. The zero-order valence-electron chi connectivity index (χ0n) is 22.7. The highest BCUT2D eigenvalue weighted by atomic mass is 16.5. The van der Waals surface area contributed by atoms with Crippen molar-refractivity contribution in [1.29, 1.82) is 0 Å². The van der Waals surface area contributed by atoms with E-state index in [1.807, 2.05) is 13.8 Å². The van der Waals surface area contributed by atoms with E-state index in [-0.39, 0.29) is 22.5 Å². The van der Waals surface area contributed by atoms with E-state index >= 15 is 0 Å². The normalized spacial score (nSPS) is 54.0. The fourth-order valence-electron chi connectivity index (χ4n) is 10.9. The monoisotopic (exact) mass is 458 g/mol. The van der Waals surface area contributed by atoms with Gasteiger partial charge in [0.15, 0.2) is 0 Å². The second-order valence-electron chi connectivity index (χ2n) is 15.1. The maximum atomic E-state index is 12.9. The molecule has 3 heteroatoms. The lowest BCUT2D eigenvalue weighted by atomic mass is 9.35. The van der Waals surface area contributed by atoms with Gasteiger partial charge in [0.2, 0.25) is 0 Å². The molecule has 3 nitrogen and oxygen atoms in total. The van der Waals surface area contributed by atoms with Gasteiger partial charge in [0, 0.05) is 11.8 Å². The van der Waals surface area contributed by atoms with Crippen LogP contribution in [0.15, 0.2) is 0 Å². The Kier molecular flexibility index (Phi) is 5.22. The molecule has 33 heavy (non-hydrogen) atoms. The Morgan fingerprint density at radius 3 is 2.09 bits per heavy atom. The number of hydrogen-bond acceptors (Lipinski definition) is 3. The van der Waals surface area contributed by atoms with E-state index < -0.39 is 5.60 Å². The van der Waals surface area contributed by atoms with Gasteiger partial charge in [-0.15, -0.1) is 0 Å². The van der Waals surface area contributed by atoms with Gasteiger partial charge in [0.25, 0.3) is 0 Å². The number of hydrogen-bond donors (Lipinski definition) is 1. The number of ketones is 1. The lowest BCUT2D eigenvalue weighted by Gasteiger charge is -2.69. The molecule has 0 aromatic carbocycles. The van der Waals surface area contributed by atoms with Crippen LogP contribution in [0.2, 0.25) is 0 Å². The van der Waals surface area contributed by atoms with Gasteiger partial charge in [-0.25, -0.2) is 0 Å². The summed E-state index contributed by atoms with van der Waals surface area (Å²) in [5.41, 5.74) is -0.0493. The smallest absolute Gasteiger partial charge is 0.138 e. The molecule has 5 aliphatic rings. The van der Waals surface area contributed by atoms with Gasteiger partial charge >= 0.3 is 0 Å². The average Bonchev–Trinajstić information content (AvgIpc) is 3.27. The molecule has 1 aliphatic heterocycles. The van der Waals surface area contributed by atoms with E-state index in [9.17, 15) is 9.90 Å². The summed E-state index contributed by atoms with van der Waals surface area (Å²) in [5, 5.41) is 10.6. The zero-order chi connectivity index (χ0) is 24.2. The van der Waals surface area contributed by atoms with Crippen molar-refractivity contribution < 1.29 is 14.6 Å². The molecule has 0 aromatic heterocycles. The van der Waals surface area contributed by atoms with Crippen molar-refractivity contribution >= 4 is 5.78 Å². The second-order valence-corrected chi connectivity index (χ2v) is 15.1. The van der Waals surface area contributed by atoms with Crippen molar-refractivity contribution in [3.63, 3.8) is 0 Å². The van der Waals surface area contributed by atoms with Crippen LogP contribution in [0.4, 0.5) is 0 Å². The fourth-order valence-corrected chi connectivity index (χ4v) is 10.9. The molecule has 1 heterocycles. The molecule has 0 unspecified atom stereocenters. The average molecular weight is 459 g/mol. The first-order valence-electron chi connectivity index (χ1n) is 14.0. The molecular weight excluding hydrogens is 408 g/mol. The van der Waals surface area contributed by atoms with Crippen molar-refractivity contribution in [2.45, 2.75) is 137 Å². The van der Waals surface area contributed by atoms with Gasteiger partial charge in [0.1, 0.15) is 5.78 Å². The molecule has 0 aromatic rings. The van der Waals surface area contributed by atoms with Crippen LogP contribution < -0.4 is 0 Å². The number of Topliss-reactive ketones (excluding diaryl/α,β-unsaturated/α-hetero) is 1. The van der Waals surface area contributed by atoms with E-state index in [4.69, 9.17) is 4.74 Å². The first-order valence-corrected chi connectivity index (χ1v) is 14.0. The number of carbonyl (C=O) groups is 1. The third-order valence-electron chi connectivity index (χ3n) is 13.0. The van der Waals surface area contributed by atoms with Gasteiger partial charge in [-0.1, -0.05) is 34.6 Å². The highest BCUT2D eigenvalue weighted by Gasteiger charge is 2.70. The first kappa shape index (κ1) is 24.3. The van der Waals surface area contributed by atoms with Gasteiger partial charge < -0.3 is 9.84 Å². The minimum atomic E-state index is -0.762. The molecule has 0 spiro atoms. The van der Waals surface area contributed by atoms with Crippen molar-refractivity contribution in [1.82, 2.24) is 0 Å². The summed E-state index contributed by atoms with van der Waals surface area (Å²) >= 11 is 0. The van der Waals surface area contributed by atoms with Gasteiger partial charge in [-0.2, -0.15) is 0 Å². The van der Waals surface area contributed by atoms with Gasteiger partial charge in [-0.05, 0) is 118 Å². The SMILES string of the molecule is CC(C)(O)[C@@H]1CC[C@@](C)([C@H]2CC[C@]3(C)[C@@H]2CC[C@H]2[C@@]4(C)CCC(=O)C(C)(C)[C@@H]4CC[C@]23C)O1. The molecule has 0 radical (unpaired) electrons. The highest BCUT2D eigenvalue weighted by Crippen LogP contribution is 2.75. The summed E-state index contributed by atoms with van der Waals surface area (Å²) in [6.07, 6.45) is 11.6. The number of carbonyl (C=O) groups excluding carboxylic acids is 1. The Morgan fingerprint density at radius 1 is 0.788 bits per heavy atom. The summed E-state index contributed by atoms with van der Waals surface area (Å²) < 4.78 is 6.72. The maximum absolute atomic E-state index is 12.9. The standard InChI is InChI=1S/C30H50O3/c1-25(2)21-12-17-29(7)22(27(21,5)15-13-23(25)31)10-9-19-20(11-16-28(19,29)6)30(8)18-14-24(33-30)26(3,4)32/h19-22,24,32H,9-18H2,1-8H3/t19-,20+,21+,22+,24+,27+,28-,29-,30+/m1/s1. The summed E-state index contributed by atoms with van der Waals surface area (Å²) in [7, 11) is 0. The summed E-state index contributed by atoms with van der Waals surface area (Å²) in [4.78, 5) is 12.9. The van der Waals surface area contributed by atoms with Crippen LogP contribution in [-0.4, -0.2) is 28.2 Å². The Balaban J connectivity index is 1.45. The highest BCUT2D eigenvalue weighted by molar-refractivity contribution is 5.85. The predicted molar refractivity (Wildman–Crippen MR) is 133 cm³/mol. The van der Waals surface area contributed by atoms with Crippen LogP contribution in [0.3, 0.4) is 0 Å². The summed E-state index contributed by atoms with van der Waals surface area (Å²) in [6, 6.07) is 0. The molecular formula is C30H50O3. The van der Waals surface area contributed by atoms with E-state index in [1.165, 1.54) is 38.5 Å². The lowest BCUT2D eigenvalue weighted by Crippen LogP contribution is -2.63. The van der Waals surface area contributed by atoms with Crippen molar-refractivity contribution in [2.24, 2.45) is 45.3 Å². The zero-order valence-corrected chi connectivity index (χ0v) is 22.7. The van der Waals surface area contributed by atoms with Crippen molar-refractivity contribution in [3.05, 3.63) is 0 Å². The van der Waals surface area contributed by atoms with Crippen molar-refractivity contribution in [3.8, 4) is 0 Å². The molecule has 9 atom stereocenters. The number of rotatable bonds is 2. The van der Waals surface area contributed by atoms with E-state index in [1.54, 1.807) is 0 Å². The Hall–Kier alpha value is -0.410. The lowest BCUT2D eigenvalue weighted by molar-refractivity contribution is -0.210. The Labute approximate surface area is 202 Å². The van der Waals surface area contributed by atoms with E-state index in [2.05, 4.69) is 41.5 Å². The summed E-state index contributed by atoms with van der Waals surface area (Å²) in [6.45, 7) is 18.5. The number of fused-ring (bicyclic) bond motifs is 5. The fraction of sp³-hybridized carbons (Fsp3) is 0.967. The van der Waals surface area contributed by atoms with Crippen LogP contribution >= 0.6 is 0 Å².